The van der Waals surface area contributed by atoms with Crippen LogP contribution >= 0.6 is 0 Å². The van der Waals surface area contributed by atoms with E-state index in [0.717, 1.165) is 31.5 Å². The van der Waals surface area contributed by atoms with Gasteiger partial charge in [-0.1, -0.05) is 26.0 Å². The monoisotopic (exact) mass is 271 g/mol. The molecule has 4 heteroatoms. The summed E-state index contributed by atoms with van der Waals surface area (Å²) in [7, 11) is 0. The van der Waals surface area contributed by atoms with Gasteiger partial charge in [-0.25, -0.2) is 0 Å². The first-order valence-corrected chi connectivity index (χ1v) is 7.44. The van der Waals surface area contributed by atoms with Crippen LogP contribution in [-0.2, 0) is 12.8 Å². The third-order valence-corrected chi connectivity index (χ3v) is 4.38. The average Bonchev–Trinajstić information content (AvgIpc) is 3.02. The Hall–Kier alpha value is -1.68. The van der Waals surface area contributed by atoms with E-state index in [1.807, 2.05) is 0 Å². The molecule has 0 N–H and O–H groups in total. The number of fused-ring (bicyclic) bond motifs is 1. The van der Waals surface area contributed by atoms with Gasteiger partial charge >= 0.3 is 0 Å². The minimum absolute atomic E-state index is 0.626. The van der Waals surface area contributed by atoms with Crippen LogP contribution in [0.1, 0.15) is 31.4 Å². The van der Waals surface area contributed by atoms with Crippen LogP contribution in [-0.4, -0.2) is 34.2 Å². The van der Waals surface area contributed by atoms with Crippen molar-refractivity contribution >= 4 is 0 Å². The van der Waals surface area contributed by atoms with Gasteiger partial charge in [-0.2, -0.15) is 0 Å². The third-order valence-electron chi connectivity index (χ3n) is 4.38. The van der Waals surface area contributed by atoms with Gasteiger partial charge in [0.2, 0.25) is 12.3 Å². The van der Waals surface area contributed by atoms with Gasteiger partial charge in [-0.05, 0) is 49.5 Å². The summed E-state index contributed by atoms with van der Waals surface area (Å²) in [6.45, 7) is 6.70. The van der Waals surface area contributed by atoms with E-state index in [4.69, 9.17) is 4.42 Å². The smallest absolute Gasteiger partial charge is 0.247 e. The average molecular weight is 271 g/mol. The van der Waals surface area contributed by atoms with E-state index in [1.54, 1.807) is 0 Å². The summed E-state index contributed by atoms with van der Waals surface area (Å²) in [5.74, 6) is 0.641. The quantitative estimate of drug-likeness (QED) is 0.857. The fourth-order valence-electron chi connectivity index (χ4n) is 3.31. The maximum atomic E-state index is 5.40. The van der Waals surface area contributed by atoms with Crippen molar-refractivity contribution in [3.05, 3.63) is 35.7 Å². The van der Waals surface area contributed by atoms with Gasteiger partial charge in [0.1, 0.15) is 0 Å². The maximum absolute atomic E-state index is 5.40. The van der Waals surface area contributed by atoms with Crippen LogP contribution in [0.4, 0.5) is 0 Å². The minimum Gasteiger partial charge on any atom is -0.423 e. The lowest BCUT2D eigenvalue weighted by molar-refractivity contribution is 0.199. The van der Waals surface area contributed by atoms with E-state index < -0.39 is 0 Å². The van der Waals surface area contributed by atoms with E-state index in [2.05, 4.69) is 47.1 Å². The van der Waals surface area contributed by atoms with Gasteiger partial charge < -0.3 is 9.32 Å². The molecule has 0 amide bonds. The zero-order valence-electron chi connectivity index (χ0n) is 12.2. The Labute approximate surface area is 119 Å². The fourth-order valence-corrected chi connectivity index (χ4v) is 3.31. The fraction of sp³-hybridized carbons (Fsp3) is 0.500. The van der Waals surface area contributed by atoms with Crippen molar-refractivity contribution in [2.24, 2.45) is 0 Å². The van der Waals surface area contributed by atoms with Crippen LogP contribution in [0, 0.1) is 0 Å². The summed E-state index contributed by atoms with van der Waals surface area (Å²) in [6, 6.07) is 7.04. The molecule has 3 rings (SSSR count). The number of rotatable bonds is 4. The molecule has 1 heterocycles. The highest BCUT2D eigenvalue weighted by Crippen LogP contribution is 2.32. The molecule has 0 spiro atoms. The molecule has 20 heavy (non-hydrogen) atoms. The van der Waals surface area contributed by atoms with Gasteiger partial charge in [0.15, 0.2) is 0 Å². The van der Waals surface area contributed by atoms with Crippen molar-refractivity contribution < 1.29 is 4.42 Å². The van der Waals surface area contributed by atoms with Crippen LogP contribution in [0.3, 0.4) is 0 Å². The van der Waals surface area contributed by atoms with Crippen molar-refractivity contribution in [1.82, 2.24) is 15.1 Å². The second kappa shape index (κ2) is 5.75. The summed E-state index contributed by atoms with van der Waals surface area (Å²) in [5.41, 5.74) is 3.93. The van der Waals surface area contributed by atoms with Gasteiger partial charge in [-0.3, -0.25) is 0 Å². The van der Waals surface area contributed by atoms with E-state index in [1.165, 1.54) is 23.9 Å². The molecule has 1 atom stereocenters. The zero-order valence-corrected chi connectivity index (χ0v) is 12.2. The number of hydrogen-bond donors (Lipinski definition) is 0. The zero-order chi connectivity index (χ0) is 13.9. The summed E-state index contributed by atoms with van der Waals surface area (Å²) in [6.07, 6.45) is 4.86. The van der Waals surface area contributed by atoms with Crippen LogP contribution in [0.2, 0.25) is 0 Å². The molecule has 0 saturated heterocycles. The van der Waals surface area contributed by atoms with Crippen molar-refractivity contribution in [2.75, 3.05) is 13.1 Å². The first-order valence-electron chi connectivity index (χ1n) is 7.44. The van der Waals surface area contributed by atoms with Crippen LogP contribution in [0.25, 0.3) is 11.5 Å². The van der Waals surface area contributed by atoms with Gasteiger partial charge in [-0.15, -0.1) is 10.2 Å². The Morgan fingerprint density at radius 2 is 2.15 bits per heavy atom. The number of likely N-dealkylation sites (N-methyl/N-ethyl adjacent to an activating group) is 1. The molecule has 1 aromatic heterocycles. The number of aryl methyl sites for hydroxylation is 1. The maximum Gasteiger partial charge on any atom is 0.247 e. The summed E-state index contributed by atoms with van der Waals surface area (Å²) in [5, 5.41) is 7.88. The van der Waals surface area contributed by atoms with Crippen molar-refractivity contribution in [1.29, 1.82) is 0 Å². The van der Waals surface area contributed by atoms with E-state index in [9.17, 15) is 0 Å². The molecule has 1 aromatic carbocycles. The highest BCUT2D eigenvalue weighted by molar-refractivity contribution is 5.61. The summed E-state index contributed by atoms with van der Waals surface area (Å²) in [4.78, 5) is 2.55. The molecule has 2 aromatic rings. The SMILES string of the molecule is CCN(CC)C1CCc2cccc(-c3nnco3)c2C1. The molecule has 0 saturated carbocycles. The van der Waals surface area contributed by atoms with Crippen molar-refractivity contribution in [3.8, 4) is 11.5 Å². The lowest BCUT2D eigenvalue weighted by Crippen LogP contribution is -2.39. The number of hydrogen-bond acceptors (Lipinski definition) is 4. The first kappa shape index (κ1) is 13.3. The lowest BCUT2D eigenvalue weighted by atomic mass is 9.84. The highest BCUT2D eigenvalue weighted by Gasteiger charge is 2.25. The first-order chi connectivity index (χ1) is 9.83. The predicted molar refractivity (Wildman–Crippen MR) is 78.5 cm³/mol. The molecule has 0 bridgehead atoms. The van der Waals surface area contributed by atoms with Crippen LogP contribution < -0.4 is 0 Å². The molecule has 4 nitrogen and oxygen atoms in total. The molecular formula is C16H21N3O. The molecular weight excluding hydrogens is 250 g/mol. The van der Waals surface area contributed by atoms with Crippen LogP contribution in [0.15, 0.2) is 29.0 Å². The Bertz CT molecular complexity index is 561. The molecule has 1 unspecified atom stereocenters. The molecule has 106 valence electrons. The van der Waals surface area contributed by atoms with Crippen LogP contribution in [0.5, 0.6) is 0 Å². The Morgan fingerprint density at radius 1 is 1.30 bits per heavy atom. The second-order valence-electron chi connectivity index (χ2n) is 5.30. The minimum atomic E-state index is 0.626. The molecule has 1 aliphatic rings. The molecule has 0 radical (unpaired) electrons. The second-order valence-corrected chi connectivity index (χ2v) is 5.30. The lowest BCUT2D eigenvalue weighted by Gasteiger charge is -2.34. The molecule has 1 aliphatic carbocycles. The van der Waals surface area contributed by atoms with Crippen molar-refractivity contribution in [3.63, 3.8) is 0 Å². The standard InChI is InChI=1S/C16H21N3O/c1-3-19(4-2)13-9-8-12-6-5-7-14(15(12)10-13)16-18-17-11-20-16/h5-7,11,13H,3-4,8-10H2,1-2H3. The Kier molecular flexibility index (Phi) is 3.83. The van der Waals surface area contributed by atoms with E-state index >= 15 is 0 Å². The summed E-state index contributed by atoms with van der Waals surface area (Å²) >= 11 is 0. The topological polar surface area (TPSA) is 42.2 Å². The third kappa shape index (κ3) is 2.36. The Morgan fingerprint density at radius 3 is 2.85 bits per heavy atom. The predicted octanol–water partition coefficient (Wildman–Crippen LogP) is 2.94. The number of nitrogens with zero attached hydrogens (tertiary/aromatic N) is 3. The van der Waals surface area contributed by atoms with Crippen molar-refractivity contribution in [2.45, 2.75) is 39.2 Å². The molecule has 0 aliphatic heterocycles. The van der Waals surface area contributed by atoms with E-state index in [0.29, 0.717) is 11.9 Å². The largest absolute Gasteiger partial charge is 0.423 e. The van der Waals surface area contributed by atoms with Gasteiger partial charge in [0, 0.05) is 11.6 Å². The Balaban J connectivity index is 1.95. The van der Waals surface area contributed by atoms with Gasteiger partial charge in [0.05, 0.1) is 0 Å². The normalized spacial score (nSPS) is 18.2. The number of aromatic nitrogens is 2. The van der Waals surface area contributed by atoms with E-state index in [-0.39, 0.29) is 0 Å². The highest BCUT2D eigenvalue weighted by atomic mass is 16.4. The molecule has 0 fully saturated rings. The van der Waals surface area contributed by atoms with Gasteiger partial charge in [0.25, 0.3) is 0 Å². The number of benzene rings is 1. The summed E-state index contributed by atoms with van der Waals surface area (Å²) < 4.78 is 5.40.